The van der Waals surface area contributed by atoms with E-state index in [1.54, 1.807) is 0 Å². The topological polar surface area (TPSA) is 107 Å². The summed E-state index contributed by atoms with van der Waals surface area (Å²) in [6.07, 6.45) is 45.3. The number of nitrogens with two attached hydrogens (primary N) is 1. The molecule has 15 heteroatoms. The van der Waals surface area contributed by atoms with Crippen LogP contribution in [0.5, 0.6) is 0 Å². The van der Waals surface area contributed by atoms with Crippen molar-refractivity contribution < 1.29 is 0 Å². The van der Waals surface area contributed by atoms with Crippen molar-refractivity contribution in [1.82, 2.24) is 70.3 Å². The Labute approximate surface area is 776 Å². The predicted molar refractivity (Wildman–Crippen MR) is 548 cm³/mol. The number of fused-ring (bicyclic) bond motifs is 4. The third-order valence-electron chi connectivity index (χ3n) is 32.6. The molecule has 11 heterocycles. The van der Waals surface area contributed by atoms with Gasteiger partial charge in [-0.2, -0.15) is 0 Å². The second-order valence-electron chi connectivity index (χ2n) is 52.9. The van der Waals surface area contributed by atoms with Gasteiger partial charge in [-0.1, -0.05) is 84.5 Å². The molecule has 14 rings (SSSR count). The minimum atomic E-state index is 0.303. The van der Waals surface area contributed by atoms with E-state index >= 15 is 0 Å². The smallest absolute Gasteiger partial charge is 0.0244 e. The van der Waals surface area contributed by atoms with E-state index in [0.29, 0.717) is 66.8 Å². The molecule has 0 radical (unpaired) electrons. The Morgan fingerprint density at radius 1 is 0.387 bits per heavy atom. The third-order valence-corrected chi connectivity index (χ3v) is 32.6. The van der Waals surface area contributed by atoms with Gasteiger partial charge in [-0.05, 0) is 464 Å². The Morgan fingerprint density at radius 3 is 1.14 bits per heavy atom. The van der Waals surface area contributed by atoms with Crippen LogP contribution in [0.3, 0.4) is 0 Å². The minimum absolute atomic E-state index is 0.303. The SMILES string of the molecule is CC(C)(C)N1CC2CC1CN2.CC(C)(C)N1CCC(N)CC1.CC(C)(C)N1CCC2(CCCC2)CC1.CC(C)(C)N1CCC2(CCNCC2)C1.CC(C)(C)NCC1CCCCC1.CCC1CCN(C(C)(C)C)CC1.CCCC1CCN(C(C)(C)C)CC1.CN(CC1CCCCC1)C(C)(C)C.CN1CC2CC1CN2C(C)(C)C.CNC1CCN(C(C)(C)C)CC1. The van der Waals surface area contributed by atoms with Crippen LogP contribution in [-0.4, -0.2) is 293 Å². The first kappa shape index (κ1) is 114. The van der Waals surface area contributed by atoms with Crippen molar-refractivity contribution in [3.63, 3.8) is 0 Å². The average molecular weight is 1750 g/mol. The average Bonchev–Trinajstić information content (AvgIpc) is 1.61. The molecule has 11 saturated heterocycles. The number of hydrogen-bond acceptors (Lipinski definition) is 15. The maximum atomic E-state index is 5.81. The second kappa shape index (κ2) is 51.4. The molecule has 2 spiro atoms. The maximum absolute atomic E-state index is 5.81. The van der Waals surface area contributed by atoms with E-state index in [-0.39, 0.29) is 0 Å². The highest BCUT2D eigenvalue weighted by Gasteiger charge is 2.47. The van der Waals surface area contributed by atoms with Crippen LogP contribution in [0.25, 0.3) is 0 Å². The summed E-state index contributed by atoms with van der Waals surface area (Å²) in [6, 6.07) is 4.49. The largest absolute Gasteiger partial charge is 0.328 e. The van der Waals surface area contributed by atoms with Gasteiger partial charge >= 0.3 is 0 Å². The van der Waals surface area contributed by atoms with Gasteiger partial charge in [0.05, 0.1) is 0 Å². The minimum Gasteiger partial charge on any atom is -0.328 e. The van der Waals surface area contributed by atoms with Gasteiger partial charge in [0.2, 0.25) is 0 Å². The Bertz CT molecular complexity index is 2710. The van der Waals surface area contributed by atoms with Crippen LogP contribution in [0.2, 0.25) is 0 Å². The van der Waals surface area contributed by atoms with E-state index in [1.165, 1.54) is 324 Å². The first-order chi connectivity index (χ1) is 57.3. The second-order valence-corrected chi connectivity index (χ2v) is 52.9. The number of nitrogens with zero attached hydrogens (tertiary/aromatic N) is 10. The van der Waals surface area contributed by atoms with E-state index in [4.69, 9.17) is 5.73 Å². The van der Waals surface area contributed by atoms with Gasteiger partial charge in [0, 0.05) is 157 Å². The highest BCUT2D eigenvalue weighted by Crippen LogP contribution is 2.47. The van der Waals surface area contributed by atoms with Crippen molar-refractivity contribution in [3.8, 4) is 0 Å². The van der Waals surface area contributed by atoms with Crippen LogP contribution >= 0.6 is 0 Å². The molecule has 4 unspecified atom stereocenters. The van der Waals surface area contributed by atoms with E-state index in [2.05, 4.69) is 313 Å². The molecule has 6 N–H and O–H groups in total. The van der Waals surface area contributed by atoms with Crippen LogP contribution in [0.1, 0.15) is 427 Å². The molecule has 14 aliphatic rings. The fourth-order valence-electron chi connectivity index (χ4n) is 22.8. The summed E-state index contributed by atoms with van der Waals surface area (Å²) in [5.41, 5.74) is 10.9. The summed E-state index contributed by atoms with van der Waals surface area (Å²) < 4.78 is 0. The standard InChI is InChI=1S/C13H25N.C12H24N2.2C12H25N.2C11H23N.C10H20N2.C10H22N2.C9H18N2.C9H20N2/c1-12(2,3)14-10-8-13(9-11-14)6-4-5-7-13;1-11(2,3)14-9-6-12(10-14)4-7-13-8-5-12;1-12(2,3)13(4)10-11-8-6-5-7-9-11;1-5-6-11-7-9-13(10-8-11)12(2,3)4;1-11(2,3)12-9-10-7-5-4-6-8-10;1-5-10-6-8-12(9-7-10)11(2,3)4;1-10(2,3)12-7-8-5-9(12)6-11(8)4;1-10(2,3)12-7-5-9(11-4)6-8-12;1-9(2,3)11-6-7-4-8(11)5-10-7;1-9(2,3)11-6-4-8(10)5-7-11/h4-11H2,1-3H3;13H,4-10H2,1-3H3;2*11H,5-10H2,1-4H3;10,12H,4-9H2,1-3H3;10H,5-9H2,1-4H3;8-9H,5-7H2,1-4H3;9,11H,5-8H2,1-4H3;7-8,10H,4-6H2,1-3H3;8H,4-7,10H2,1-3H3. The Morgan fingerprint density at radius 2 is 0.790 bits per heavy atom. The molecular weight excluding hydrogens is 1520 g/mol. The Kier molecular flexibility index (Phi) is 47.2. The molecule has 15 nitrogen and oxygen atoms in total. The number of rotatable bonds is 8. The lowest BCUT2D eigenvalue weighted by Crippen LogP contribution is -2.52. The molecule has 736 valence electrons. The van der Waals surface area contributed by atoms with Gasteiger partial charge in [0.1, 0.15) is 0 Å². The van der Waals surface area contributed by atoms with Crippen molar-refractivity contribution in [2.45, 2.75) is 519 Å². The first-order valence-corrected chi connectivity index (χ1v) is 53.4. The number of likely N-dealkylation sites (N-methyl/N-ethyl adjacent to an activating group) is 1. The van der Waals surface area contributed by atoms with Crippen LogP contribution in [0, 0.1) is 34.5 Å². The Balaban J connectivity index is 0.000000245. The molecule has 3 aliphatic carbocycles. The number of piperazine rings is 2. The van der Waals surface area contributed by atoms with Crippen LogP contribution in [0.4, 0.5) is 0 Å². The Hall–Kier alpha value is -0.600. The highest BCUT2D eigenvalue weighted by atomic mass is 15.4. The monoisotopic (exact) mass is 1740 g/mol. The summed E-state index contributed by atoms with van der Waals surface area (Å²) in [5.74, 6) is 3.95. The molecule has 0 aromatic rings. The third kappa shape index (κ3) is 41.7. The van der Waals surface area contributed by atoms with Gasteiger partial charge in [-0.25, -0.2) is 0 Å². The maximum Gasteiger partial charge on any atom is 0.0244 e. The summed E-state index contributed by atoms with van der Waals surface area (Å²) >= 11 is 0. The van der Waals surface area contributed by atoms with E-state index < -0.39 is 0 Å². The van der Waals surface area contributed by atoms with Gasteiger partial charge in [0.25, 0.3) is 0 Å². The summed E-state index contributed by atoms with van der Waals surface area (Å²) in [4.78, 5) is 26.0. The zero-order valence-electron chi connectivity index (χ0n) is 90.6. The number of likely N-dealkylation sites (tertiary alicyclic amines) is 9. The van der Waals surface area contributed by atoms with Gasteiger partial charge in [0.15, 0.2) is 0 Å². The number of piperidine rings is 6. The molecule has 4 atom stereocenters. The molecule has 0 aromatic heterocycles. The molecular formula is C109H225N15. The fourth-order valence-corrected chi connectivity index (χ4v) is 22.8. The molecule has 124 heavy (non-hydrogen) atoms. The molecule has 14 fully saturated rings. The van der Waals surface area contributed by atoms with E-state index in [1.807, 2.05) is 0 Å². The summed E-state index contributed by atoms with van der Waals surface area (Å²) in [5, 5.41) is 13.9. The van der Waals surface area contributed by atoms with E-state index in [9.17, 15) is 0 Å². The van der Waals surface area contributed by atoms with Crippen molar-refractivity contribution in [2.75, 3.05) is 152 Å². The van der Waals surface area contributed by atoms with Crippen molar-refractivity contribution in [1.29, 1.82) is 0 Å². The van der Waals surface area contributed by atoms with Crippen molar-refractivity contribution >= 4 is 0 Å². The zero-order valence-corrected chi connectivity index (χ0v) is 90.6. The van der Waals surface area contributed by atoms with Crippen LogP contribution in [0.15, 0.2) is 0 Å². The molecule has 0 aromatic carbocycles. The number of nitrogens with one attached hydrogen (secondary N) is 4. The molecule has 11 aliphatic heterocycles. The summed E-state index contributed by atoms with van der Waals surface area (Å²) in [6.45, 7) is 99.3. The lowest BCUT2D eigenvalue weighted by Gasteiger charge is -2.45. The van der Waals surface area contributed by atoms with Crippen LogP contribution in [-0.2, 0) is 0 Å². The molecule has 3 saturated carbocycles. The lowest BCUT2D eigenvalue weighted by molar-refractivity contribution is 0.0455. The molecule has 4 bridgehead atoms. The number of hydrogen-bond donors (Lipinski definition) is 5. The van der Waals surface area contributed by atoms with E-state index in [0.717, 1.165) is 72.1 Å². The molecule has 0 amide bonds. The normalized spacial score (nSPS) is 26.7. The van der Waals surface area contributed by atoms with Crippen molar-refractivity contribution in [2.24, 2.45) is 40.2 Å². The van der Waals surface area contributed by atoms with Gasteiger partial charge < -0.3 is 36.8 Å². The first-order valence-electron chi connectivity index (χ1n) is 53.4. The van der Waals surface area contributed by atoms with Crippen molar-refractivity contribution in [3.05, 3.63) is 0 Å². The predicted octanol–water partition coefficient (Wildman–Crippen LogP) is 22.4. The highest BCUT2D eigenvalue weighted by molar-refractivity contribution is 5.04. The van der Waals surface area contributed by atoms with Crippen LogP contribution < -0.4 is 27.0 Å². The lowest BCUT2D eigenvalue weighted by atomic mass is 9.76. The zero-order chi connectivity index (χ0) is 93.1. The van der Waals surface area contributed by atoms with Gasteiger partial charge in [-0.15, -0.1) is 0 Å². The fraction of sp³-hybridized carbons (Fsp3) is 1.00. The van der Waals surface area contributed by atoms with Gasteiger partial charge in [-0.3, -0.25) is 39.2 Å². The quantitative estimate of drug-likeness (QED) is 0.159. The summed E-state index contributed by atoms with van der Waals surface area (Å²) in [7, 11) is 6.58.